The van der Waals surface area contributed by atoms with Crippen molar-refractivity contribution < 1.29 is 22.8 Å². The van der Waals surface area contributed by atoms with Crippen LogP contribution in [-0.2, 0) is 4.79 Å². The van der Waals surface area contributed by atoms with Crippen molar-refractivity contribution in [2.45, 2.75) is 57.0 Å². The molecule has 3 N–H and O–H groups in total. The molecule has 2 saturated carbocycles. The normalized spacial score (nSPS) is 21.6. The number of anilines is 2. The van der Waals surface area contributed by atoms with Gasteiger partial charge in [-0.25, -0.2) is 18.7 Å². The van der Waals surface area contributed by atoms with Gasteiger partial charge in [0.2, 0.25) is 11.8 Å². The third-order valence-corrected chi connectivity index (χ3v) is 7.84. The Morgan fingerprint density at radius 3 is 2.73 bits per heavy atom. The summed E-state index contributed by atoms with van der Waals surface area (Å²) in [5, 5.41) is 13.0. The number of carbonyl (C=O) groups is 2. The molecule has 0 aromatic carbocycles. The van der Waals surface area contributed by atoms with Gasteiger partial charge in [0.1, 0.15) is 12.1 Å². The molecule has 3 fully saturated rings. The summed E-state index contributed by atoms with van der Waals surface area (Å²) in [7, 11) is 0. The van der Waals surface area contributed by atoms with Gasteiger partial charge >= 0.3 is 0 Å². The molecule has 4 heterocycles. The van der Waals surface area contributed by atoms with E-state index in [2.05, 4.69) is 31.0 Å². The van der Waals surface area contributed by atoms with Crippen LogP contribution >= 0.6 is 0 Å². The molecule has 2 aliphatic carbocycles. The van der Waals surface area contributed by atoms with Crippen molar-refractivity contribution in [3.05, 3.63) is 42.2 Å². The number of piperazine rings is 1. The average Bonchev–Trinajstić information content (AvgIpc) is 3.48. The minimum Gasteiger partial charge on any atom is -0.444 e. The average molecular weight is 555 g/mol. The second-order valence-corrected chi connectivity index (χ2v) is 10.7. The minimum absolute atomic E-state index is 0.0338. The molecule has 0 unspecified atom stereocenters. The van der Waals surface area contributed by atoms with Gasteiger partial charge in [0, 0.05) is 43.6 Å². The number of nitrogens with zero attached hydrogens (tertiary/aromatic N) is 5. The molecular formula is C27H32F2N8O3. The number of oxazole rings is 1. The first-order valence-corrected chi connectivity index (χ1v) is 13.8. The van der Waals surface area contributed by atoms with Crippen LogP contribution in [0.3, 0.4) is 0 Å². The summed E-state index contributed by atoms with van der Waals surface area (Å²) in [4.78, 5) is 35.7. The Morgan fingerprint density at radius 1 is 1.18 bits per heavy atom. The predicted molar refractivity (Wildman–Crippen MR) is 142 cm³/mol. The highest BCUT2D eigenvalue weighted by Crippen LogP contribution is 2.34. The Labute approximate surface area is 229 Å². The molecule has 11 nitrogen and oxygen atoms in total. The Kier molecular flexibility index (Phi) is 7.46. The molecule has 212 valence electrons. The van der Waals surface area contributed by atoms with Crippen LogP contribution in [-0.4, -0.2) is 68.7 Å². The Morgan fingerprint density at radius 2 is 1.98 bits per heavy atom. The predicted octanol–water partition coefficient (Wildman–Crippen LogP) is 3.86. The highest BCUT2D eigenvalue weighted by molar-refractivity contribution is 6.03. The van der Waals surface area contributed by atoms with E-state index in [-0.39, 0.29) is 35.3 Å². The molecule has 1 saturated heterocycles. The summed E-state index contributed by atoms with van der Waals surface area (Å²) in [6.07, 6.45) is 6.83. The zero-order valence-electron chi connectivity index (χ0n) is 22.0. The molecule has 0 spiro atoms. The third kappa shape index (κ3) is 5.83. The molecule has 3 aromatic heterocycles. The fourth-order valence-electron chi connectivity index (χ4n) is 5.42. The molecule has 2 amide bonds. The van der Waals surface area contributed by atoms with Crippen LogP contribution in [0.5, 0.6) is 0 Å². The van der Waals surface area contributed by atoms with Crippen LogP contribution in [0.1, 0.15) is 67.2 Å². The number of hydrogen-bond acceptors (Lipinski definition) is 8. The fourth-order valence-corrected chi connectivity index (χ4v) is 5.42. The highest BCUT2D eigenvalue weighted by atomic mass is 19.3. The van der Waals surface area contributed by atoms with Crippen LogP contribution in [0.25, 0.3) is 11.5 Å². The molecule has 1 aliphatic heterocycles. The van der Waals surface area contributed by atoms with Crippen LogP contribution < -0.4 is 16.0 Å². The smallest absolute Gasteiger partial charge is 0.284 e. The SMILES string of the molecule is O=C(Nc1cn(C2CCC(N3CCNCC3=O)CC2)nc1C(F)F)c1coc(-c2ccnc(NCC3CC3)c2)n1. The quantitative estimate of drug-likeness (QED) is 0.364. The van der Waals surface area contributed by atoms with Crippen molar-refractivity contribution in [3.63, 3.8) is 0 Å². The van der Waals surface area contributed by atoms with E-state index < -0.39 is 18.0 Å². The van der Waals surface area contributed by atoms with Crippen molar-refractivity contribution in [1.29, 1.82) is 0 Å². The summed E-state index contributed by atoms with van der Waals surface area (Å²) in [5.41, 5.74) is 0.0661. The van der Waals surface area contributed by atoms with Gasteiger partial charge in [-0.2, -0.15) is 5.10 Å². The number of pyridine rings is 1. The zero-order chi connectivity index (χ0) is 27.6. The number of alkyl halides is 2. The zero-order valence-corrected chi connectivity index (χ0v) is 22.0. The molecule has 3 aromatic rings. The van der Waals surface area contributed by atoms with E-state index in [0.29, 0.717) is 43.2 Å². The number of amides is 2. The lowest BCUT2D eigenvalue weighted by molar-refractivity contribution is -0.135. The maximum absolute atomic E-state index is 13.9. The molecule has 0 radical (unpaired) electrons. The van der Waals surface area contributed by atoms with Crippen molar-refractivity contribution in [3.8, 4) is 11.5 Å². The van der Waals surface area contributed by atoms with E-state index in [1.54, 1.807) is 18.3 Å². The third-order valence-electron chi connectivity index (χ3n) is 7.84. The van der Waals surface area contributed by atoms with E-state index in [0.717, 1.165) is 25.9 Å². The van der Waals surface area contributed by atoms with Crippen LogP contribution in [0.2, 0.25) is 0 Å². The number of aromatic nitrogens is 4. The lowest BCUT2D eigenvalue weighted by Gasteiger charge is -2.39. The van der Waals surface area contributed by atoms with E-state index in [4.69, 9.17) is 4.42 Å². The highest BCUT2D eigenvalue weighted by Gasteiger charge is 2.32. The largest absolute Gasteiger partial charge is 0.444 e. The summed E-state index contributed by atoms with van der Waals surface area (Å²) < 4.78 is 34.8. The van der Waals surface area contributed by atoms with Crippen molar-refractivity contribution in [1.82, 2.24) is 30.0 Å². The minimum atomic E-state index is -2.86. The van der Waals surface area contributed by atoms with Gasteiger partial charge in [0.25, 0.3) is 12.3 Å². The van der Waals surface area contributed by atoms with Crippen molar-refractivity contribution >= 4 is 23.3 Å². The number of rotatable bonds is 9. The van der Waals surface area contributed by atoms with Crippen LogP contribution in [0.4, 0.5) is 20.3 Å². The molecule has 3 aliphatic rings. The van der Waals surface area contributed by atoms with Crippen molar-refractivity contribution in [2.75, 3.05) is 36.8 Å². The fraction of sp³-hybridized carbons (Fsp3) is 0.519. The second-order valence-electron chi connectivity index (χ2n) is 10.7. The molecular weight excluding hydrogens is 522 g/mol. The van der Waals surface area contributed by atoms with Gasteiger partial charge in [-0.3, -0.25) is 14.3 Å². The molecule has 6 rings (SSSR count). The summed E-state index contributed by atoms with van der Waals surface area (Å²) in [6, 6.07) is 3.58. The summed E-state index contributed by atoms with van der Waals surface area (Å²) in [5.74, 6) is 1.04. The maximum Gasteiger partial charge on any atom is 0.284 e. The molecule has 0 atom stereocenters. The maximum atomic E-state index is 13.9. The molecule has 13 heteroatoms. The van der Waals surface area contributed by atoms with Gasteiger partial charge in [-0.1, -0.05) is 0 Å². The molecule has 0 bridgehead atoms. The first-order chi connectivity index (χ1) is 19.4. The number of carbonyl (C=O) groups excluding carboxylic acids is 2. The second kappa shape index (κ2) is 11.3. The van der Waals surface area contributed by atoms with Gasteiger partial charge in [-0.05, 0) is 56.6 Å². The number of nitrogens with one attached hydrogen (secondary N) is 3. The van der Waals surface area contributed by atoms with E-state index >= 15 is 0 Å². The van der Waals surface area contributed by atoms with Crippen molar-refractivity contribution in [2.24, 2.45) is 5.92 Å². The molecule has 40 heavy (non-hydrogen) atoms. The Balaban J connectivity index is 1.11. The first-order valence-electron chi connectivity index (χ1n) is 13.8. The lowest BCUT2D eigenvalue weighted by atomic mass is 9.90. The standard InChI is InChI=1S/C27H32F2N8O3/c28-25(29)24-20(14-37(35-24)19-5-3-18(4-6-19)36-10-9-30-13-23(36)38)33-26(39)21-15-40-27(34-21)17-7-8-31-22(11-17)32-12-16-1-2-16/h7-8,11,14-16,18-19,25,30H,1-6,9-10,12-13H2,(H,31,32)(H,33,39). The number of halogens is 2. The lowest BCUT2D eigenvalue weighted by Crippen LogP contribution is -2.53. The first kappa shape index (κ1) is 26.4. The summed E-state index contributed by atoms with van der Waals surface area (Å²) in [6.45, 7) is 2.67. The Bertz CT molecular complexity index is 1360. The van der Waals surface area contributed by atoms with Gasteiger partial charge in [-0.15, -0.1) is 0 Å². The van der Waals surface area contributed by atoms with Crippen LogP contribution in [0.15, 0.2) is 35.2 Å². The topological polar surface area (TPSA) is 130 Å². The summed E-state index contributed by atoms with van der Waals surface area (Å²) >= 11 is 0. The van der Waals surface area contributed by atoms with E-state index in [1.807, 2.05) is 4.90 Å². The van der Waals surface area contributed by atoms with E-state index in [1.165, 1.54) is 30.0 Å². The van der Waals surface area contributed by atoms with Crippen LogP contribution in [0, 0.1) is 5.92 Å². The Hall–Kier alpha value is -3.87. The van der Waals surface area contributed by atoms with Gasteiger partial charge in [0.15, 0.2) is 11.4 Å². The van der Waals surface area contributed by atoms with Gasteiger partial charge < -0.3 is 25.3 Å². The van der Waals surface area contributed by atoms with E-state index in [9.17, 15) is 18.4 Å². The number of hydrogen-bond donors (Lipinski definition) is 3. The van der Waals surface area contributed by atoms with Gasteiger partial charge in [0.05, 0.1) is 18.3 Å². The monoisotopic (exact) mass is 554 g/mol.